The van der Waals surface area contributed by atoms with Crippen molar-refractivity contribution in [3.63, 3.8) is 0 Å². The first-order valence-corrected chi connectivity index (χ1v) is 8.04. The first-order chi connectivity index (χ1) is 9.79. The zero-order valence-electron chi connectivity index (χ0n) is 10.2. The van der Waals surface area contributed by atoms with Crippen LogP contribution < -0.4 is 4.72 Å². The van der Waals surface area contributed by atoms with E-state index in [4.69, 9.17) is 5.11 Å². The molecule has 2 aromatic rings. The van der Waals surface area contributed by atoms with Crippen molar-refractivity contribution in [2.24, 2.45) is 0 Å². The number of halogens is 2. The Hall–Kier alpha value is -1.75. The number of rotatable bonds is 4. The Labute approximate surface area is 133 Å². The Morgan fingerprint density at radius 3 is 2.62 bits per heavy atom. The number of sulfonamides is 1. The van der Waals surface area contributed by atoms with Gasteiger partial charge in [-0.15, -0.1) is 0 Å². The number of benzene rings is 1. The molecule has 6 nitrogen and oxygen atoms in total. The average molecular weight is 422 g/mol. The molecule has 0 unspecified atom stereocenters. The van der Waals surface area contributed by atoms with E-state index in [1.54, 1.807) is 22.6 Å². The minimum absolute atomic E-state index is 0.134. The molecule has 0 saturated heterocycles. The number of nitrogens with one attached hydrogen (secondary N) is 1. The van der Waals surface area contributed by atoms with E-state index in [2.05, 4.69) is 9.71 Å². The van der Waals surface area contributed by atoms with Crippen molar-refractivity contribution in [2.45, 2.75) is 4.90 Å². The third-order valence-corrected chi connectivity index (χ3v) is 4.73. The largest absolute Gasteiger partial charge is 0.478 e. The highest BCUT2D eigenvalue weighted by Crippen LogP contribution is 2.20. The minimum Gasteiger partial charge on any atom is -0.478 e. The van der Waals surface area contributed by atoms with E-state index in [1.165, 1.54) is 24.3 Å². The number of pyridine rings is 1. The highest BCUT2D eigenvalue weighted by Gasteiger charge is 2.19. The lowest BCUT2D eigenvalue weighted by atomic mass is 10.2. The lowest BCUT2D eigenvalue weighted by Gasteiger charge is -2.08. The van der Waals surface area contributed by atoms with Gasteiger partial charge < -0.3 is 5.11 Å². The second-order valence-corrected chi connectivity index (χ2v) is 6.74. The number of carboxylic acid groups (broad SMARTS) is 1. The summed E-state index contributed by atoms with van der Waals surface area (Å²) in [6, 6.07) is 7.33. The number of aromatic nitrogens is 1. The molecule has 0 fully saturated rings. The monoisotopic (exact) mass is 422 g/mol. The smallest absolute Gasteiger partial charge is 0.336 e. The molecule has 0 aliphatic carbocycles. The summed E-state index contributed by atoms with van der Waals surface area (Å²) in [7, 11) is -4.05. The Balaban J connectivity index is 2.40. The van der Waals surface area contributed by atoms with Crippen LogP contribution in [0.15, 0.2) is 41.3 Å². The summed E-state index contributed by atoms with van der Waals surface area (Å²) < 4.78 is 39.7. The standard InChI is InChI=1S/C12H8FIN2O4S/c13-10-2-1-3-11(15-10)16-21(19,20)7-4-5-9(14)8(6-7)12(17)18/h1-6H,(H,15,16)(H,17,18). The van der Waals surface area contributed by atoms with Gasteiger partial charge in [-0.25, -0.2) is 18.2 Å². The highest BCUT2D eigenvalue weighted by molar-refractivity contribution is 14.1. The zero-order valence-corrected chi connectivity index (χ0v) is 13.2. The topological polar surface area (TPSA) is 96.4 Å². The van der Waals surface area contributed by atoms with E-state index in [0.29, 0.717) is 3.57 Å². The van der Waals surface area contributed by atoms with Crippen molar-refractivity contribution in [3.05, 3.63) is 51.5 Å². The predicted octanol–water partition coefficient (Wildman–Crippen LogP) is 2.32. The molecule has 1 heterocycles. The predicted molar refractivity (Wildman–Crippen MR) is 81.1 cm³/mol. The number of carboxylic acids is 1. The third kappa shape index (κ3) is 3.67. The van der Waals surface area contributed by atoms with Crippen LogP contribution in [0.4, 0.5) is 10.2 Å². The van der Waals surface area contributed by atoms with Crippen molar-refractivity contribution in [1.82, 2.24) is 4.98 Å². The number of aromatic carboxylic acids is 1. The molecule has 0 aliphatic heterocycles. The van der Waals surface area contributed by atoms with Gasteiger partial charge in [-0.05, 0) is 52.9 Å². The van der Waals surface area contributed by atoms with Crippen LogP contribution in [-0.2, 0) is 10.0 Å². The van der Waals surface area contributed by atoms with E-state index in [0.717, 1.165) is 12.1 Å². The van der Waals surface area contributed by atoms with Crippen molar-refractivity contribution in [1.29, 1.82) is 0 Å². The fourth-order valence-electron chi connectivity index (χ4n) is 1.50. The Morgan fingerprint density at radius 2 is 2.00 bits per heavy atom. The van der Waals surface area contributed by atoms with Crippen molar-refractivity contribution in [2.75, 3.05) is 4.72 Å². The molecule has 0 bridgehead atoms. The molecular weight excluding hydrogens is 414 g/mol. The van der Waals surface area contributed by atoms with Gasteiger partial charge in [-0.1, -0.05) is 6.07 Å². The van der Waals surface area contributed by atoms with Gasteiger partial charge in [0.15, 0.2) is 0 Å². The van der Waals surface area contributed by atoms with Crippen molar-refractivity contribution < 1.29 is 22.7 Å². The Bertz CT molecular complexity index is 811. The van der Waals surface area contributed by atoms with E-state index in [1.807, 2.05) is 0 Å². The quantitative estimate of drug-likeness (QED) is 0.583. The van der Waals surface area contributed by atoms with Crippen LogP contribution >= 0.6 is 22.6 Å². The second kappa shape index (κ2) is 5.93. The number of carbonyl (C=O) groups is 1. The summed E-state index contributed by atoms with van der Waals surface area (Å²) in [4.78, 5) is 14.2. The SMILES string of the molecule is O=C(O)c1cc(S(=O)(=O)Nc2cccc(F)n2)ccc1I. The summed E-state index contributed by atoms with van der Waals surface area (Å²) in [5, 5.41) is 9.00. The summed E-state index contributed by atoms with van der Waals surface area (Å²) in [6.45, 7) is 0. The Kier molecular flexibility index (Phi) is 4.42. The molecule has 2 N–H and O–H groups in total. The third-order valence-electron chi connectivity index (χ3n) is 2.43. The van der Waals surface area contributed by atoms with Gasteiger partial charge >= 0.3 is 5.97 Å². The number of nitrogens with zero attached hydrogens (tertiary/aromatic N) is 1. The molecule has 21 heavy (non-hydrogen) atoms. The van der Waals surface area contributed by atoms with E-state index >= 15 is 0 Å². The van der Waals surface area contributed by atoms with E-state index in [9.17, 15) is 17.6 Å². The maximum atomic E-state index is 12.9. The molecule has 2 rings (SSSR count). The first kappa shape index (κ1) is 15.6. The normalized spacial score (nSPS) is 11.1. The lowest BCUT2D eigenvalue weighted by molar-refractivity contribution is 0.0695. The van der Waals surface area contributed by atoms with Gasteiger partial charge in [0.2, 0.25) is 5.95 Å². The first-order valence-electron chi connectivity index (χ1n) is 5.48. The fourth-order valence-corrected chi connectivity index (χ4v) is 3.09. The molecule has 9 heteroatoms. The second-order valence-electron chi connectivity index (χ2n) is 3.90. The zero-order chi connectivity index (χ0) is 15.6. The molecule has 0 saturated carbocycles. The lowest BCUT2D eigenvalue weighted by Crippen LogP contribution is -2.15. The van der Waals surface area contributed by atoms with Crippen LogP contribution in [0, 0.1) is 9.52 Å². The Morgan fingerprint density at radius 1 is 1.29 bits per heavy atom. The molecular formula is C12H8FIN2O4S. The number of anilines is 1. The van der Waals surface area contributed by atoms with Gasteiger partial charge in [-0.2, -0.15) is 4.39 Å². The molecule has 1 aromatic heterocycles. The van der Waals surface area contributed by atoms with Crippen LogP contribution in [0.5, 0.6) is 0 Å². The van der Waals surface area contributed by atoms with Gasteiger partial charge in [0.25, 0.3) is 10.0 Å². The fraction of sp³-hybridized carbons (Fsp3) is 0. The van der Waals surface area contributed by atoms with Crippen LogP contribution in [0.2, 0.25) is 0 Å². The number of hydrogen-bond donors (Lipinski definition) is 2. The molecule has 110 valence electrons. The molecule has 0 spiro atoms. The van der Waals surface area contributed by atoms with Gasteiger partial charge in [0.05, 0.1) is 10.5 Å². The minimum atomic E-state index is -4.05. The van der Waals surface area contributed by atoms with Crippen molar-refractivity contribution in [3.8, 4) is 0 Å². The average Bonchev–Trinajstić information content (AvgIpc) is 2.38. The van der Waals surface area contributed by atoms with Crippen LogP contribution in [0.3, 0.4) is 0 Å². The van der Waals surface area contributed by atoms with Crippen LogP contribution in [0.25, 0.3) is 0 Å². The maximum absolute atomic E-state index is 12.9. The van der Waals surface area contributed by atoms with Gasteiger partial charge in [0, 0.05) is 3.57 Å². The van der Waals surface area contributed by atoms with E-state index in [-0.39, 0.29) is 16.3 Å². The summed E-state index contributed by atoms with van der Waals surface area (Å²) in [6.07, 6.45) is 0. The molecule has 1 aromatic carbocycles. The highest BCUT2D eigenvalue weighted by atomic mass is 127. The van der Waals surface area contributed by atoms with Gasteiger partial charge in [-0.3, -0.25) is 4.72 Å². The van der Waals surface area contributed by atoms with E-state index < -0.39 is 21.9 Å². The summed E-state index contributed by atoms with van der Waals surface area (Å²) in [5.74, 6) is -2.25. The molecule has 0 aliphatic rings. The van der Waals surface area contributed by atoms with Crippen molar-refractivity contribution >= 4 is 44.4 Å². The molecule has 0 atom stereocenters. The maximum Gasteiger partial charge on any atom is 0.336 e. The molecule has 0 radical (unpaired) electrons. The van der Waals surface area contributed by atoms with Crippen LogP contribution in [-0.4, -0.2) is 24.5 Å². The van der Waals surface area contributed by atoms with Gasteiger partial charge in [0.1, 0.15) is 5.82 Å². The van der Waals surface area contributed by atoms with Crippen LogP contribution in [0.1, 0.15) is 10.4 Å². The summed E-state index contributed by atoms with van der Waals surface area (Å²) >= 11 is 1.79. The molecule has 0 amide bonds. The number of hydrogen-bond acceptors (Lipinski definition) is 4. The summed E-state index contributed by atoms with van der Waals surface area (Å²) in [5.41, 5.74) is -0.134.